The largest absolute Gasteiger partial charge is 0.374 e. The lowest BCUT2D eigenvalue weighted by atomic mass is 10.1. The van der Waals surface area contributed by atoms with Crippen LogP contribution in [-0.4, -0.2) is 47.8 Å². The van der Waals surface area contributed by atoms with Crippen molar-refractivity contribution in [2.24, 2.45) is 0 Å². The van der Waals surface area contributed by atoms with Gasteiger partial charge in [0.05, 0.1) is 18.8 Å². The van der Waals surface area contributed by atoms with Gasteiger partial charge in [-0.1, -0.05) is 17.3 Å². The number of hydrogen-bond donors (Lipinski definition) is 1. The summed E-state index contributed by atoms with van der Waals surface area (Å²) in [7, 11) is 2.09. The van der Waals surface area contributed by atoms with Crippen LogP contribution in [0.15, 0.2) is 28.8 Å². The molecular formula is C17H25ClN4O2. The fourth-order valence-corrected chi connectivity index (χ4v) is 2.59. The number of benzene rings is 1. The van der Waals surface area contributed by atoms with E-state index in [2.05, 4.69) is 27.4 Å². The summed E-state index contributed by atoms with van der Waals surface area (Å²) in [5.74, 6) is 1.30. The van der Waals surface area contributed by atoms with Crippen LogP contribution >= 0.6 is 12.4 Å². The molecule has 7 heteroatoms. The van der Waals surface area contributed by atoms with E-state index in [0.717, 1.165) is 36.6 Å². The monoisotopic (exact) mass is 352 g/mol. The summed E-state index contributed by atoms with van der Waals surface area (Å²) < 4.78 is 11.0. The average molecular weight is 353 g/mol. The third kappa shape index (κ3) is 4.54. The molecule has 1 unspecified atom stereocenters. The van der Waals surface area contributed by atoms with Gasteiger partial charge in [-0.3, -0.25) is 4.90 Å². The molecule has 1 saturated heterocycles. The number of nitrogens with zero attached hydrogens (tertiary/aromatic N) is 3. The van der Waals surface area contributed by atoms with Crippen LogP contribution in [0.1, 0.15) is 31.3 Å². The van der Waals surface area contributed by atoms with Gasteiger partial charge in [0.15, 0.2) is 5.82 Å². The van der Waals surface area contributed by atoms with Gasteiger partial charge in [-0.2, -0.15) is 4.98 Å². The van der Waals surface area contributed by atoms with Crippen LogP contribution in [0.3, 0.4) is 0 Å². The van der Waals surface area contributed by atoms with Crippen LogP contribution in [0.2, 0.25) is 0 Å². The molecule has 0 spiro atoms. The molecule has 1 N–H and O–H groups in total. The highest BCUT2D eigenvalue weighted by Crippen LogP contribution is 2.23. The highest BCUT2D eigenvalue weighted by atomic mass is 35.5. The van der Waals surface area contributed by atoms with Crippen molar-refractivity contribution >= 4 is 12.4 Å². The van der Waals surface area contributed by atoms with E-state index in [1.54, 1.807) is 0 Å². The van der Waals surface area contributed by atoms with Crippen LogP contribution in [0.5, 0.6) is 0 Å². The molecule has 0 aliphatic carbocycles. The lowest BCUT2D eigenvalue weighted by molar-refractivity contribution is 0.0657. The topological polar surface area (TPSA) is 63.4 Å². The predicted octanol–water partition coefficient (Wildman–Crippen LogP) is 2.66. The molecule has 1 fully saturated rings. The smallest absolute Gasteiger partial charge is 0.257 e. The van der Waals surface area contributed by atoms with Gasteiger partial charge in [-0.25, -0.2) is 0 Å². The van der Waals surface area contributed by atoms with Gasteiger partial charge in [0, 0.05) is 25.2 Å². The maximum absolute atomic E-state index is 5.60. The fraction of sp³-hybridized carbons (Fsp3) is 0.529. The van der Waals surface area contributed by atoms with Crippen molar-refractivity contribution in [3.63, 3.8) is 0 Å². The molecule has 0 saturated carbocycles. The second-order valence-corrected chi connectivity index (χ2v) is 6.21. The van der Waals surface area contributed by atoms with E-state index in [4.69, 9.17) is 9.26 Å². The molecule has 0 bridgehead atoms. The van der Waals surface area contributed by atoms with Gasteiger partial charge in [-0.15, -0.1) is 12.4 Å². The first-order chi connectivity index (χ1) is 11.1. The Bertz CT molecular complexity index is 630. The lowest BCUT2D eigenvalue weighted by Crippen LogP contribution is -2.44. The SMILES string of the molecule is CC(C)OCc1ccc(-c2nc(C3CNCCN3C)no2)cc1.Cl. The zero-order chi connectivity index (χ0) is 16.2. The Balaban J connectivity index is 0.00000208. The number of ether oxygens (including phenoxy) is 1. The van der Waals surface area contributed by atoms with Gasteiger partial charge >= 0.3 is 0 Å². The fourth-order valence-electron chi connectivity index (χ4n) is 2.59. The molecule has 0 radical (unpaired) electrons. The molecule has 0 amide bonds. The van der Waals surface area contributed by atoms with E-state index in [1.807, 2.05) is 38.1 Å². The van der Waals surface area contributed by atoms with Crippen molar-refractivity contribution in [2.45, 2.75) is 32.6 Å². The number of hydrogen-bond acceptors (Lipinski definition) is 6. The second kappa shape index (κ2) is 8.58. The van der Waals surface area contributed by atoms with Crippen LogP contribution < -0.4 is 5.32 Å². The number of piperazine rings is 1. The third-order valence-electron chi connectivity index (χ3n) is 4.04. The van der Waals surface area contributed by atoms with Crippen LogP contribution in [0.25, 0.3) is 11.5 Å². The van der Waals surface area contributed by atoms with Crippen LogP contribution in [-0.2, 0) is 11.3 Å². The summed E-state index contributed by atoms with van der Waals surface area (Å²) >= 11 is 0. The van der Waals surface area contributed by atoms with Crippen molar-refractivity contribution in [3.8, 4) is 11.5 Å². The van der Waals surface area contributed by atoms with E-state index in [-0.39, 0.29) is 24.6 Å². The van der Waals surface area contributed by atoms with Crippen molar-refractivity contribution < 1.29 is 9.26 Å². The number of aromatic nitrogens is 2. The summed E-state index contributed by atoms with van der Waals surface area (Å²) in [5, 5.41) is 7.52. The first-order valence-electron chi connectivity index (χ1n) is 8.09. The maximum Gasteiger partial charge on any atom is 0.257 e. The van der Waals surface area contributed by atoms with Gasteiger partial charge < -0.3 is 14.6 Å². The molecule has 2 heterocycles. The molecule has 2 aromatic rings. The molecule has 1 atom stereocenters. The average Bonchev–Trinajstić information content (AvgIpc) is 3.03. The van der Waals surface area contributed by atoms with Crippen molar-refractivity contribution in [1.29, 1.82) is 0 Å². The second-order valence-electron chi connectivity index (χ2n) is 6.21. The quantitative estimate of drug-likeness (QED) is 0.892. The Morgan fingerprint density at radius 1 is 1.33 bits per heavy atom. The predicted molar refractivity (Wildman–Crippen MR) is 95.1 cm³/mol. The highest BCUT2D eigenvalue weighted by Gasteiger charge is 2.25. The molecule has 1 aromatic heterocycles. The summed E-state index contributed by atoms with van der Waals surface area (Å²) in [6.07, 6.45) is 0.231. The van der Waals surface area contributed by atoms with E-state index in [9.17, 15) is 0 Å². The molecule has 24 heavy (non-hydrogen) atoms. The van der Waals surface area contributed by atoms with Gasteiger partial charge in [0.25, 0.3) is 5.89 Å². The standard InChI is InChI=1S/C17H24N4O2.ClH/c1-12(2)22-11-13-4-6-14(7-5-13)17-19-16(20-23-17)15-10-18-8-9-21(15)3;/h4-7,12,15,18H,8-11H2,1-3H3;1H. The van der Waals surface area contributed by atoms with Gasteiger partial charge in [0.1, 0.15) is 0 Å². The number of rotatable bonds is 5. The zero-order valence-electron chi connectivity index (χ0n) is 14.4. The molecule has 1 aliphatic heterocycles. The normalized spacial score (nSPS) is 18.6. The van der Waals surface area contributed by atoms with E-state index in [1.165, 1.54) is 0 Å². The molecule has 6 nitrogen and oxygen atoms in total. The Labute approximate surface area is 149 Å². The summed E-state index contributed by atoms with van der Waals surface area (Å²) in [5.41, 5.74) is 2.07. The lowest BCUT2D eigenvalue weighted by Gasteiger charge is -2.30. The Hall–Kier alpha value is -1.47. The first-order valence-corrected chi connectivity index (χ1v) is 8.09. The Kier molecular flexibility index (Phi) is 6.74. The molecule has 1 aliphatic rings. The Morgan fingerprint density at radius 3 is 2.75 bits per heavy atom. The third-order valence-corrected chi connectivity index (χ3v) is 4.04. The van der Waals surface area contributed by atoms with Gasteiger partial charge in [-0.05, 0) is 38.6 Å². The maximum atomic E-state index is 5.60. The summed E-state index contributed by atoms with van der Waals surface area (Å²) in [4.78, 5) is 6.82. The van der Waals surface area contributed by atoms with E-state index in [0.29, 0.717) is 12.5 Å². The van der Waals surface area contributed by atoms with Crippen molar-refractivity contribution in [1.82, 2.24) is 20.4 Å². The van der Waals surface area contributed by atoms with E-state index < -0.39 is 0 Å². The molecule has 3 rings (SSSR count). The summed E-state index contributed by atoms with van der Waals surface area (Å²) in [6.45, 7) is 7.51. The first kappa shape index (κ1) is 18.9. The molecule has 1 aromatic carbocycles. The minimum Gasteiger partial charge on any atom is -0.374 e. The zero-order valence-corrected chi connectivity index (χ0v) is 15.2. The number of nitrogens with one attached hydrogen (secondary N) is 1. The Morgan fingerprint density at radius 2 is 2.08 bits per heavy atom. The van der Waals surface area contributed by atoms with Crippen molar-refractivity contribution in [3.05, 3.63) is 35.7 Å². The number of likely N-dealkylation sites (N-methyl/N-ethyl adjacent to an activating group) is 1. The highest BCUT2D eigenvalue weighted by molar-refractivity contribution is 5.85. The van der Waals surface area contributed by atoms with Crippen molar-refractivity contribution in [2.75, 3.05) is 26.7 Å². The van der Waals surface area contributed by atoms with E-state index >= 15 is 0 Å². The molecule has 132 valence electrons. The minimum absolute atomic E-state index is 0. The van der Waals surface area contributed by atoms with Crippen LogP contribution in [0, 0.1) is 0 Å². The number of halogens is 1. The van der Waals surface area contributed by atoms with Crippen LogP contribution in [0.4, 0.5) is 0 Å². The summed E-state index contributed by atoms with van der Waals surface area (Å²) in [6, 6.07) is 8.24. The van der Waals surface area contributed by atoms with Gasteiger partial charge in [0.2, 0.25) is 0 Å². The minimum atomic E-state index is 0. The molecular weight excluding hydrogens is 328 g/mol.